The molecule has 3 rings (SSSR count). The molecule has 0 radical (unpaired) electrons. The number of hydrogen-bond donors (Lipinski definition) is 1. The lowest BCUT2D eigenvalue weighted by molar-refractivity contribution is 0.699. The van der Waals surface area contributed by atoms with Crippen molar-refractivity contribution in [3.05, 3.63) is 52.3 Å². The minimum absolute atomic E-state index is 0.0356. The fraction of sp³-hybridized carbons (Fsp3) is 0.357. The quantitative estimate of drug-likeness (QED) is 0.907. The molecule has 19 heavy (non-hydrogen) atoms. The lowest BCUT2D eigenvalue weighted by Crippen LogP contribution is -2.23. The molecule has 2 aromatic heterocycles. The average molecular weight is 256 g/mol. The Morgan fingerprint density at radius 1 is 1.42 bits per heavy atom. The molecule has 0 saturated heterocycles. The van der Waals surface area contributed by atoms with Crippen molar-refractivity contribution in [3.63, 3.8) is 0 Å². The molecule has 0 unspecified atom stereocenters. The normalized spacial score (nSPS) is 14.4. The molecule has 1 fully saturated rings. The van der Waals surface area contributed by atoms with E-state index in [-0.39, 0.29) is 5.56 Å². The van der Waals surface area contributed by atoms with Crippen LogP contribution in [0.25, 0.3) is 0 Å². The first-order chi connectivity index (χ1) is 9.25. The Kier molecular flexibility index (Phi) is 3.03. The Morgan fingerprint density at radius 3 is 3.00 bits per heavy atom. The van der Waals surface area contributed by atoms with Crippen molar-refractivity contribution in [1.29, 1.82) is 0 Å². The van der Waals surface area contributed by atoms with E-state index in [1.54, 1.807) is 23.2 Å². The molecule has 1 N–H and O–H groups in total. The highest BCUT2D eigenvalue weighted by atomic mass is 16.1. The van der Waals surface area contributed by atoms with Crippen molar-refractivity contribution in [2.75, 3.05) is 5.32 Å². The van der Waals surface area contributed by atoms with Gasteiger partial charge in [-0.25, -0.2) is 4.98 Å². The first-order valence-corrected chi connectivity index (χ1v) is 6.46. The Hall–Kier alpha value is -2.17. The van der Waals surface area contributed by atoms with E-state index in [1.165, 1.54) is 0 Å². The largest absolute Gasteiger partial charge is 0.361 e. The maximum atomic E-state index is 12.2. The summed E-state index contributed by atoms with van der Waals surface area (Å²) in [5, 5.41) is 3.11. The maximum Gasteiger partial charge on any atom is 0.293 e. The van der Waals surface area contributed by atoms with Gasteiger partial charge in [-0.3, -0.25) is 9.78 Å². The molecule has 0 aliphatic heterocycles. The van der Waals surface area contributed by atoms with E-state index in [9.17, 15) is 4.79 Å². The fourth-order valence-electron chi connectivity index (χ4n) is 2.05. The molecule has 0 atom stereocenters. The Labute approximate surface area is 111 Å². The summed E-state index contributed by atoms with van der Waals surface area (Å²) in [5.74, 6) is 0.414. The molecule has 5 heteroatoms. The van der Waals surface area contributed by atoms with Crippen LogP contribution < -0.4 is 10.9 Å². The molecule has 2 heterocycles. The van der Waals surface area contributed by atoms with Crippen molar-refractivity contribution in [2.45, 2.75) is 32.4 Å². The van der Waals surface area contributed by atoms with Crippen molar-refractivity contribution in [2.24, 2.45) is 0 Å². The summed E-state index contributed by atoms with van der Waals surface area (Å²) in [6.07, 6.45) is 9.19. The van der Waals surface area contributed by atoms with Crippen LogP contribution in [0.5, 0.6) is 0 Å². The van der Waals surface area contributed by atoms with Crippen LogP contribution in [0.15, 0.2) is 35.6 Å². The first kappa shape index (κ1) is 11.9. The van der Waals surface area contributed by atoms with E-state index < -0.39 is 0 Å². The van der Waals surface area contributed by atoms with Crippen LogP contribution in [0.2, 0.25) is 0 Å². The summed E-state index contributed by atoms with van der Waals surface area (Å²) in [6.45, 7) is 2.59. The number of hydrogen-bond acceptors (Lipinski definition) is 4. The molecule has 0 amide bonds. The lowest BCUT2D eigenvalue weighted by atomic mass is 10.1. The van der Waals surface area contributed by atoms with Crippen molar-refractivity contribution in [3.8, 4) is 0 Å². The number of anilines is 1. The monoisotopic (exact) mass is 256 g/mol. The maximum absolute atomic E-state index is 12.2. The zero-order valence-electron chi connectivity index (χ0n) is 10.8. The summed E-state index contributed by atoms with van der Waals surface area (Å²) in [4.78, 5) is 20.4. The number of nitrogens with one attached hydrogen (secondary N) is 1. The Morgan fingerprint density at radius 2 is 2.26 bits per heavy atom. The average Bonchev–Trinajstić information content (AvgIpc) is 3.24. The second-order valence-corrected chi connectivity index (χ2v) is 4.88. The van der Waals surface area contributed by atoms with Crippen LogP contribution in [0.1, 0.15) is 30.0 Å². The molecule has 0 aromatic carbocycles. The van der Waals surface area contributed by atoms with Gasteiger partial charge < -0.3 is 9.88 Å². The summed E-state index contributed by atoms with van der Waals surface area (Å²) in [5.41, 5.74) is 2.19. The smallest absolute Gasteiger partial charge is 0.293 e. The van der Waals surface area contributed by atoms with Gasteiger partial charge in [0, 0.05) is 37.4 Å². The third-order valence-corrected chi connectivity index (χ3v) is 3.40. The molecule has 98 valence electrons. The van der Waals surface area contributed by atoms with Gasteiger partial charge in [-0.05, 0) is 37.0 Å². The minimum atomic E-state index is -0.0356. The highest BCUT2D eigenvalue weighted by molar-refractivity contribution is 5.34. The lowest BCUT2D eigenvalue weighted by Gasteiger charge is -2.09. The number of pyridine rings is 1. The summed E-state index contributed by atoms with van der Waals surface area (Å²) in [7, 11) is 0. The molecule has 0 bridgehead atoms. The van der Waals surface area contributed by atoms with E-state index in [2.05, 4.69) is 15.3 Å². The molecule has 2 aromatic rings. The van der Waals surface area contributed by atoms with Crippen molar-refractivity contribution >= 4 is 5.82 Å². The number of nitrogens with zero attached hydrogens (tertiary/aromatic N) is 3. The van der Waals surface area contributed by atoms with Gasteiger partial charge >= 0.3 is 0 Å². The van der Waals surface area contributed by atoms with Gasteiger partial charge in [0.25, 0.3) is 5.56 Å². The highest BCUT2D eigenvalue weighted by Gasteiger charge is 2.25. The van der Waals surface area contributed by atoms with Crippen molar-refractivity contribution in [1.82, 2.24) is 14.5 Å². The zero-order chi connectivity index (χ0) is 13.2. The minimum Gasteiger partial charge on any atom is -0.361 e. The Bertz CT molecular complexity index is 646. The molecule has 1 saturated carbocycles. The standard InChI is InChI=1S/C14H16N4O/c1-10-4-5-15-8-11(10)9-17-13-14(19)18(7-6-16-13)12-2-3-12/h4-8,12H,2-3,9H2,1H3,(H,16,17). The zero-order valence-corrected chi connectivity index (χ0v) is 10.8. The second-order valence-electron chi connectivity index (χ2n) is 4.88. The molecular formula is C14H16N4O. The van der Waals surface area contributed by atoms with Crippen molar-refractivity contribution < 1.29 is 0 Å². The molecule has 5 nitrogen and oxygen atoms in total. The van der Waals surface area contributed by atoms with E-state index >= 15 is 0 Å². The van der Waals surface area contributed by atoms with Crippen LogP contribution in [0.4, 0.5) is 5.82 Å². The number of aromatic nitrogens is 3. The number of rotatable bonds is 4. The predicted molar refractivity (Wildman–Crippen MR) is 73.1 cm³/mol. The van der Waals surface area contributed by atoms with Crippen LogP contribution in [-0.2, 0) is 6.54 Å². The SMILES string of the molecule is Cc1ccncc1CNc1nccn(C2CC2)c1=O. The summed E-state index contributed by atoms with van der Waals surface area (Å²) >= 11 is 0. The van der Waals surface area contributed by atoms with E-state index in [4.69, 9.17) is 0 Å². The van der Waals surface area contributed by atoms with E-state index in [0.717, 1.165) is 24.0 Å². The van der Waals surface area contributed by atoms with Crippen LogP contribution in [-0.4, -0.2) is 14.5 Å². The van der Waals surface area contributed by atoms with Gasteiger partial charge in [-0.2, -0.15) is 0 Å². The van der Waals surface area contributed by atoms with Crippen LogP contribution >= 0.6 is 0 Å². The molecule has 0 spiro atoms. The third kappa shape index (κ3) is 2.50. The van der Waals surface area contributed by atoms with Crippen LogP contribution in [0, 0.1) is 6.92 Å². The molecule has 1 aliphatic carbocycles. The topological polar surface area (TPSA) is 59.8 Å². The molecule has 1 aliphatic rings. The van der Waals surface area contributed by atoms with E-state index in [0.29, 0.717) is 18.4 Å². The van der Waals surface area contributed by atoms with Gasteiger partial charge in [-0.1, -0.05) is 0 Å². The Balaban J connectivity index is 1.79. The summed E-state index contributed by atoms with van der Waals surface area (Å²) in [6, 6.07) is 2.33. The first-order valence-electron chi connectivity index (χ1n) is 6.46. The van der Waals surface area contributed by atoms with E-state index in [1.807, 2.05) is 19.2 Å². The van der Waals surface area contributed by atoms with Crippen LogP contribution in [0.3, 0.4) is 0 Å². The third-order valence-electron chi connectivity index (χ3n) is 3.40. The van der Waals surface area contributed by atoms with Gasteiger partial charge in [-0.15, -0.1) is 0 Å². The van der Waals surface area contributed by atoms with Gasteiger partial charge in [0.1, 0.15) is 0 Å². The molecular weight excluding hydrogens is 240 g/mol. The fourth-order valence-corrected chi connectivity index (χ4v) is 2.05. The predicted octanol–water partition coefficient (Wildman–Crippen LogP) is 1.89. The number of aryl methyl sites for hydroxylation is 1. The van der Waals surface area contributed by atoms with Gasteiger partial charge in [0.15, 0.2) is 5.82 Å². The summed E-state index contributed by atoms with van der Waals surface area (Å²) < 4.78 is 1.77. The highest BCUT2D eigenvalue weighted by Crippen LogP contribution is 2.33. The van der Waals surface area contributed by atoms with Gasteiger partial charge in [0.05, 0.1) is 0 Å². The van der Waals surface area contributed by atoms with Gasteiger partial charge in [0.2, 0.25) is 0 Å². The second kappa shape index (κ2) is 4.84.